The Bertz CT molecular complexity index is 936. The van der Waals surface area contributed by atoms with Gasteiger partial charge in [-0.1, -0.05) is 47.8 Å². The van der Waals surface area contributed by atoms with E-state index in [1.54, 1.807) is 0 Å². The third-order valence-corrected chi connectivity index (χ3v) is 5.02. The molecule has 2 aromatic heterocycles. The average molecular weight is 349 g/mol. The summed E-state index contributed by atoms with van der Waals surface area (Å²) in [4.78, 5) is 19.7. The van der Waals surface area contributed by atoms with Crippen LogP contribution in [0.25, 0.3) is 22.4 Å². The highest BCUT2D eigenvalue weighted by atomic mass is 16.5. The summed E-state index contributed by atoms with van der Waals surface area (Å²) in [6.45, 7) is 5.55. The Hall–Kier alpha value is -2.69. The molecule has 4 rings (SSSR count). The van der Waals surface area contributed by atoms with Crippen molar-refractivity contribution < 1.29 is 9.32 Å². The minimum absolute atomic E-state index is 0.0546. The summed E-state index contributed by atoms with van der Waals surface area (Å²) < 4.78 is 5.49. The summed E-state index contributed by atoms with van der Waals surface area (Å²) in [5.74, 6) is 0.0546. The van der Waals surface area contributed by atoms with Crippen LogP contribution >= 0.6 is 0 Å². The highest BCUT2D eigenvalue weighted by Crippen LogP contribution is 2.31. The predicted octanol–water partition coefficient (Wildman–Crippen LogP) is 4.52. The van der Waals surface area contributed by atoms with Gasteiger partial charge in [0.05, 0.1) is 10.9 Å². The quantitative estimate of drug-likeness (QED) is 0.682. The summed E-state index contributed by atoms with van der Waals surface area (Å²) in [6, 6.07) is 9.95. The third-order valence-electron chi connectivity index (χ3n) is 5.02. The van der Waals surface area contributed by atoms with Crippen LogP contribution in [-0.2, 0) is 0 Å². The molecule has 0 radical (unpaired) electrons. The zero-order valence-electron chi connectivity index (χ0n) is 15.3. The average Bonchev–Trinajstić information content (AvgIpc) is 2.87. The van der Waals surface area contributed by atoms with E-state index < -0.39 is 0 Å². The number of rotatable bonds is 2. The number of benzene rings is 1. The fourth-order valence-electron chi connectivity index (χ4n) is 3.60. The molecule has 26 heavy (non-hydrogen) atoms. The van der Waals surface area contributed by atoms with E-state index in [9.17, 15) is 4.79 Å². The molecule has 0 spiro atoms. The lowest BCUT2D eigenvalue weighted by molar-refractivity contribution is 0.0763. The summed E-state index contributed by atoms with van der Waals surface area (Å²) in [5, 5.41) is 4.95. The van der Waals surface area contributed by atoms with Gasteiger partial charge < -0.3 is 9.42 Å². The number of carbonyl (C=O) groups excluding carboxylic acids is 1. The van der Waals surface area contributed by atoms with Gasteiger partial charge in [-0.3, -0.25) is 4.79 Å². The van der Waals surface area contributed by atoms with Crippen LogP contribution in [0.15, 0.2) is 34.9 Å². The SMILES string of the molecule is Cc1ccc(-c2noc3nc(C)cc(C(=O)N4CCCCCC4)c23)cc1. The molecule has 1 amide bonds. The van der Waals surface area contributed by atoms with Gasteiger partial charge >= 0.3 is 0 Å². The van der Waals surface area contributed by atoms with E-state index >= 15 is 0 Å². The van der Waals surface area contributed by atoms with Crippen LogP contribution in [0.2, 0.25) is 0 Å². The number of pyridine rings is 1. The Labute approximate surface area is 153 Å². The van der Waals surface area contributed by atoms with E-state index in [0.29, 0.717) is 22.4 Å². The van der Waals surface area contributed by atoms with Crippen LogP contribution in [0.1, 0.15) is 47.3 Å². The van der Waals surface area contributed by atoms with Gasteiger partial charge in [0.25, 0.3) is 11.6 Å². The van der Waals surface area contributed by atoms with Crippen molar-refractivity contribution in [3.63, 3.8) is 0 Å². The molecule has 3 heterocycles. The Balaban J connectivity index is 1.84. The monoisotopic (exact) mass is 349 g/mol. The van der Waals surface area contributed by atoms with Crippen molar-refractivity contribution in [3.8, 4) is 11.3 Å². The van der Waals surface area contributed by atoms with E-state index in [2.05, 4.69) is 10.1 Å². The molecule has 3 aromatic rings. The van der Waals surface area contributed by atoms with Crippen LogP contribution in [0.3, 0.4) is 0 Å². The van der Waals surface area contributed by atoms with Gasteiger partial charge in [0.1, 0.15) is 5.69 Å². The fraction of sp³-hybridized carbons (Fsp3) is 0.381. The van der Waals surface area contributed by atoms with E-state index in [0.717, 1.165) is 37.2 Å². The zero-order valence-corrected chi connectivity index (χ0v) is 15.3. The predicted molar refractivity (Wildman–Crippen MR) is 101 cm³/mol. The first-order valence-corrected chi connectivity index (χ1v) is 9.27. The minimum Gasteiger partial charge on any atom is -0.339 e. The van der Waals surface area contributed by atoms with Crippen molar-refractivity contribution in [3.05, 3.63) is 47.2 Å². The minimum atomic E-state index is 0.0546. The Morgan fingerprint density at radius 3 is 2.42 bits per heavy atom. The molecule has 1 aliphatic rings. The Morgan fingerprint density at radius 1 is 1.04 bits per heavy atom. The first kappa shape index (κ1) is 16.8. The molecule has 0 aliphatic carbocycles. The van der Waals surface area contributed by atoms with E-state index in [1.165, 1.54) is 18.4 Å². The number of aryl methyl sites for hydroxylation is 2. The van der Waals surface area contributed by atoms with Gasteiger partial charge in [-0.05, 0) is 32.8 Å². The van der Waals surface area contributed by atoms with Crippen LogP contribution in [0, 0.1) is 13.8 Å². The topological polar surface area (TPSA) is 59.2 Å². The van der Waals surface area contributed by atoms with Crippen LogP contribution in [0.4, 0.5) is 0 Å². The smallest absolute Gasteiger partial charge is 0.259 e. The van der Waals surface area contributed by atoms with E-state index in [1.807, 2.05) is 49.1 Å². The molecule has 1 fully saturated rings. The molecule has 1 aromatic carbocycles. The molecular weight excluding hydrogens is 326 g/mol. The van der Waals surface area contributed by atoms with Crippen molar-refractivity contribution in [1.82, 2.24) is 15.0 Å². The normalized spacial score (nSPS) is 15.2. The van der Waals surface area contributed by atoms with Crippen LogP contribution < -0.4 is 0 Å². The number of carbonyl (C=O) groups is 1. The molecular formula is C21H23N3O2. The largest absolute Gasteiger partial charge is 0.339 e. The maximum absolute atomic E-state index is 13.3. The fourth-order valence-corrected chi connectivity index (χ4v) is 3.60. The summed E-state index contributed by atoms with van der Waals surface area (Å²) in [5.41, 5.74) is 4.64. The number of nitrogens with zero attached hydrogens (tertiary/aromatic N) is 3. The van der Waals surface area contributed by atoms with Crippen LogP contribution in [-0.4, -0.2) is 34.0 Å². The van der Waals surface area contributed by atoms with E-state index in [4.69, 9.17) is 4.52 Å². The highest BCUT2D eigenvalue weighted by molar-refractivity contribution is 6.09. The number of hydrogen-bond donors (Lipinski definition) is 0. The van der Waals surface area contributed by atoms with Gasteiger partial charge in [-0.15, -0.1) is 0 Å². The van der Waals surface area contributed by atoms with Gasteiger partial charge in [0.15, 0.2) is 0 Å². The molecule has 0 atom stereocenters. The second-order valence-electron chi connectivity index (χ2n) is 7.09. The molecule has 134 valence electrons. The number of amides is 1. The molecule has 0 bridgehead atoms. The van der Waals surface area contributed by atoms with Gasteiger partial charge in [-0.25, -0.2) is 4.98 Å². The molecule has 0 unspecified atom stereocenters. The van der Waals surface area contributed by atoms with E-state index in [-0.39, 0.29) is 5.91 Å². The van der Waals surface area contributed by atoms with Crippen molar-refractivity contribution in [2.75, 3.05) is 13.1 Å². The van der Waals surface area contributed by atoms with Gasteiger partial charge in [0.2, 0.25) is 0 Å². The second kappa shape index (κ2) is 6.90. The zero-order chi connectivity index (χ0) is 18.1. The number of fused-ring (bicyclic) bond motifs is 1. The maximum Gasteiger partial charge on any atom is 0.259 e. The lowest BCUT2D eigenvalue weighted by Crippen LogP contribution is -2.32. The molecule has 1 aliphatic heterocycles. The first-order chi connectivity index (χ1) is 12.6. The van der Waals surface area contributed by atoms with Crippen molar-refractivity contribution in [2.24, 2.45) is 0 Å². The second-order valence-corrected chi connectivity index (χ2v) is 7.09. The van der Waals surface area contributed by atoms with Crippen molar-refractivity contribution >= 4 is 17.0 Å². The van der Waals surface area contributed by atoms with Crippen molar-refractivity contribution in [2.45, 2.75) is 39.5 Å². The van der Waals surface area contributed by atoms with Crippen LogP contribution in [0.5, 0.6) is 0 Å². The third kappa shape index (κ3) is 3.09. The molecule has 0 saturated carbocycles. The first-order valence-electron chi connectivity index (χ1n) is 9.27. The molecule has 0 N–H and O–H groups in total. The maximum atomic E-state index is 13.3. The summed E-state index contributed by atoms with van der Waals surface area (Å²) >= 11 is 0. The summed E-state index contributed by atoms with van der Waals surface area (Å²) in [7, 11) is 0. The van der Waals surface area contributed by atoms with Gasteiger partial charge in [0, 0.05) is 24.3 Å². The molecule has 5 nitrogen and oxygen atoms in total. The summed E-state index contributed by atoms with van der Waals surface area (Å²) in [6.07, 6.45) is 4.51. The van der Waals surface area contributed by atoms with Crippen molar-refractivity contribution in [1.29, 1.82) is 0 Å². The molecule has 1 saturated heterocycles. The lowest BCUT2D eigenvalue weighted by Gasteiger charge is -2.20. The number of aromatic nitrogens is 2. The Kier molecular flexibility index (Phi) is 4.45. The number of hydrogen-bond acceptors (Lipinski definition) is 4. The highest BCUT2D eigenvalue weighted by Gasteiger charge is 2.24. The Morgan fingerprint density at radius 2 is 1.73 bits per heavy atom. The van der Waals surface area contributed by atoms with Gasteiger partial charge in [-0.2, -0.15) is 0 Å². The lowest BCUT2D eigenvalue weighted by atomic mass is 10.0. The molecule has 5 heteroatoms. The number of likely N-dealkylation sites (tertiary alicyclic amines) is 1. The standard InChI is InChI=1S/C21H23N3O2/c1-14-7-9-16(10-8-14)19-18-17(13-15(2)22-20(18)26-23-19)21(25)24-11-5-3-4-6-12-24/h7-10,13H,3-6,11-12H2,1-2H3.